The Bertz CT molecular complexity index is 685. The number of piperidine rings is 1. The lowest BCUT2D eigenvalue weighted by atomic mass is 9.78. The van der Waals surface area contributed by atoms with Crippen LogP contribution in [0, 0.1) is 5.41 Å². The molecule has 0 spiro atoms. The summed E-state index contributed by atoms with van der Waals surface area (Å²) in [7, 11) is 0. The van der Waals surface area contributed by atoms with Crippen molar-refractivity contribution < 1.29 is 9.90 Å². The van der Waals surface area contributed by atoms with Crippen molar-refractivity contribution >= 4 is 22.7 Å². The number of aliphatic hydroxyl groups excluding tert-OH is 1. The summed E-state index contributed by atoms with van der Waals surface area (Å²) >= 11 is 1.18. The summed E-state index contributed by atoms with van der Waals surface area (Å²) in [6.07, 6.45) is 2.73. The van der Waals surface area contributed by atoms with E-state index in [1.165, 1.54) is 11.5 Å². The highest BCUT2D eigenvalue weighted by Crippen LogP contribution is 2.33. The van der Waals surface area contributed by atoms with Crippen molar-refractivity contribution in [1.82, 2.24) is 14.3 Å². The number of amides is 2. The number of hydrogen-bond acceptors (Lipinski definition) is 5. The van der Waals surface area contributed by atoms with Gasteiger partial charge in [-0.15, -0.1) is 0 Å². The molecule has 1 atom stereocenters. The summed E-state index contributed by atoms with van der Waals surface area (Å²) in [5.74, 6) is 0.618. The standard InChI is InChI=1S/C17H22N4O2S/c1-2-17(12-22)9-6-10-21(11-17)16(23)19-15-18-14(20-24-15)13-7-4-3-5-8-13/h3-5,7-8,22H,2,6,9-12H2,1H3,(H,18,19,20,23). The lowest BCUT2D eigenvalue weighted by Gasteiger charge is -2.41. The molecule has 2 amide bonds. The van der Waals surface area contributed by atoms with Crippen molar-refractivity contribution in [3.05, 3.63) is 30.3 Å². The quantitative estimate of drug-likeness (QED) is 0.891. The van der Waals surface area contributed by atoms with Crippen LogP contribution in [0.15, 0.2) is 30.3 Å². The van der Waals surface area contributed by atoms with E-state index in [2.05, 4.69) is 21.6 Å². The van der Waals surface area contributed by atoms with Crippen molar-refractivity contribution in [2.75, 3.05) is 25.0 Å². The van der Waals surface area contributed by atoms with Crippen molar-refractivity contribution in [3.8, 4) is 11.4 Å². The number of carbonyl (C=O) groups is 1. The van der Waals surface area contributed by atoms with Crippen LogP contribution in [0.1, 0.15) is 26.2 Å². The molecule has 0 bridgehead atoms. The van der Waals surface area contributed by atoms with Gasteiger partial charge in [-0.3, -0.25) is 5.32 Å². The van der Waals surface area contributed by atoms with Crippen molar-refractivity contribution in [3.63, 3.8) is 0 Å². The Kier molecular flexibility index (Phi) is 5.11. The summed E-state index contributed by atoms with van der Waals surface area (Å²) in [6, 6.07) is 9.51. The van der Waals surface area contributed by atoms with Crippen molar-refractivity contribution in [2.24, 2.45) is 5.41 Å². The monoisotopic (exact) mass is 346 g/mol. The summed E-state index contributed by atoms with van der Waals surface area (Å²) in [5.41, 5.74) is 0.754. The highest BCUT2D eigenvalue weighted by molar-refractivity contribution is 7.10. The zero-order chi connectivity index (χ0) is 17.0. The molecule has 2 aromatic rings. The van der Waals surface area contributed by atoms with Gasteiger partial charge >= 0.3 is 6.03 Å². The van der Waals surface area contributed by atoms with Gasteiger partial charge in [-0.1, -0.05) is 37.3 Å². The Morgan fingerprint density at radius 2 is 2.21 bits per heavy atom. The van der Waals surface area contributed by atoms with Gasteiger partial charge in [-0.05, 0) is 19.3 Å². The van der Waals surface area contributed by atoms with Gasteiger partial charge in [0.2, 0.25) is 5.13 Å². The Morgan fingerprint density at radius 1 is 1.42 bits per heavy atom. The SMILES string of the molecule is CCC1(CO)CCCN(C(=O)Nc2nc(-c3ccccc3)ns2)C1. The molecule has 1 aromatic carbocycles. The first kappa shape index (κ1) is 16.9. The van der Waals surface area contributed by atoms with Gasteiger partial charge in [0.05, 0.1) is 6.61 Å². The van der Waals surface area contributed by atoms with Crippen LogP contribution in [0.5, 0.6) is 0 Å². The molecule has 7 heteroatoms. The van der Waals surface area contributed by atoms with Gasteiger partial charge in [0.25, 0.3) is 0 Å². The molecule has 2 heterocycles. The number of likely N-dealkylation sites (tertiary alicyclic amines) is 1. The Labute approximate surface area is 145 Å². The van der Waals surface area contributed by atoms with Gasteiger partial charge in [0, 0.05) is 35.6 Å². The molecule has 128 valence electrons. The van der Waals surface area contributed by atoms with Crippen LogP contribution in [-0.4, -0.2) is 45.1 Å². The van der Waals surface area contributed by atoms with Crippen LogP contribution in [0.25, 0.3) is 11.4 Å². The van der Waals surface area contributed by atoms with Crippen molar-refractivity contribution in [1.29, 1.82) is 0 Å². The molecule has 1 unspecified atom stereocenters. The number of carbonyl (C=O) groups excluding carboxylic acids is 1. The van der Waals surface area contributed by atoms with E-state index in [-0.39, 0.29) is 18.1 Å². The van der Waals surface area contributed by atoms with Crippen LogP contribution in [0.4, 0.5) is 9.93 Å². The smallest absolute Gasteiger partial charge is 0.323 e. The molecular weight excluding hydrogens is 324 g/mol. The Morgan fingerprint density at radius 3 is 2.92 bits per heavy atom. The fraction of sp³-hybridized carbons (Fsp3) is 0.471. The minimum absolute atomic E-state index is 0.115. The fourth-order valence-electron chi connectivity index (χ4n) is 3.06. The van der Waals surface area contributed by atoms with Gasteiger partial charge in [0.15, 0.2) is 5.82 Å². The van der Waals surface area contributed by atoms with E-state index in [1.807, 2.05) is 30.3 Å². The molecule has 1 fully saturated rings. The van der Waals surface area contributed by atoms with Crippen LogP contribution in [-0.2, 0) is 0 Å². The van der Waals surface area contributed by atoms with Crippen LogP contribution in [0.3, 0.4) is 0 Å². The first-order valence-electron chi connectivity index (χ1n) is 8.22. The van der Waals surface area contributed by atoms with E-state index >= 15 is 0 Å². The average molecular weight is 346 g/mol. The summed E-state index contributed by atoms with van der Waals surface area (Å²) < 4.78 is 4.30. The molecule has 1 aliphatic rings. The number of rotatable bonds is 4. The van der Waals surface area contributed by atoms with E-state index in [9.17, 15) is 9.90 Å². The van der Waals surface area contributed by atoms with Gasteiger partial charge in [-0.2, -0.15) is 9.36 Å². The number of urea groups is 1. The number of aromatic nitrogens is 2. The normalized spacial score (nSPS) is 20.8. The van der Waals surface area contributed by atoms with E-state index in [4.69, 9.17) is 0 Å². The Hall–Kier alpha value is -1.99. The molecule has 3 rings (SSSR count). The van der Waals surface area contributed by atoms with Gasteiger partial charge < -0.3 is 10.0 Å². The number of benzene rings is 1. The number of nitrogens with zero attached hydrogens (tertiary/aromatic N) is 3. The minimum Gasteiger partial charge on any atom is -0.396 e. The summed E-state index contributed by atoms with van der Waals surface area (Å²) in [5, 5.41) is 13.0. The zero-order valence-electron chi connectivity index (χ0n) is 13.7. The van der Waals surface area contributed by atoms with E-state index in [1.54, 1.807) is 4.90 Å². The maximum atomic E-state index is 12.5. The van der Waals surface area contributed by atoms with Crippen LogP contribution >= 0.6 is 11.5 Å². The molecule has 1 aliphatic heterocycles. The lowest BCUT2D eigenvalue weighted by Crippen LogP contribution is -2.49. The van der Waals surface area contributed by atoms with E-state index in [0.717, 1.165) is 24.8 Å². The molecule has 0 aliphatic carbocycles. The molecule has 1 aromatic heterocycles. The maximum absolute atomic E-state index is 12.5. The zero-order valence-corrected chi connectivity index (χ0v) is 14.6. The first-order valence-corrected chi connectivity index (χ1v) is 8.99. The predicted molar refractivity (Wildman–Crippen MR) is 95.0 cm³/mol. The largest absolute Gasteiger partial charge is 0.396 e. The number of aliphatic hydroxyl groups is 1. The lowest BCUT2D eigenvalue weighted by molar-refractivity contribution is 0.0468. The van der Waals surface area contributed by atoms with Crippen LogP contribution in [0.2, 0.25) is 0 Å². The third-order valence-electron chi connectivity index (χ3n) is 4.71. The second kappa shape index (κ2) is 7.27. The average Bonchev–Trinajstić information content (AvgIpc) is 3.11. The van der Waals surface area contributed by atoms with Gasteiger partial charge in [-0.25, -0.2) is 4.79 Å². The van der Waals surface area contributed by atoms with Crippen molar-refractivity contribution in [2.45, 2.75) is 26.2 Å². The van der Waals surface area contributed by atoms with Gasteiger partial charge in [0.1, 0.15) is 0 Å². The summed E-state index contributed by atoms with van der Waals surface area (Å²) in [6.45, 7) is 3.47. The highest BCUT2D eigenvalue weighted by atomic mass is 32.1. The molecule has 1 saturated heterocycles. The second-order valence-electron chi connectivity index (χ2n) is 6.26. The number of anilines is 1. The second-order valence-corrected chi connectivity index (χ2v) is 7.01. The predicted octanol–water partition coefficient (Wildman–Crippen LogP) is 3.22. The third-order valence-corrected chi connectivity index (χ3v) is 5.34. The van der Waals surface area contributed by atoms with E-state index in [0.29, 0.717) is 24.0 Å². The molecule has 0 saturated carbocycles. The first-order chi connectivity index (χ1) is 11.7. The molecule has 24 heavy (non-hydrogen) atoms. The topological polar surface area (TPSA) is 78.4 Å². The molecule has 0 radical (unpaired) electrons. The molecular formula is C17H22N4O2S. The fourth-order valence-corrected chi connectivity index (χ4v) is 3.64. The maximum Gasteiger partial charge on any atom is 0.323 e. The third kappa shape index (κ3) is 3.57. The highest BCUT2D eigenvalue weighted by Gasteiger charge is 2.35. The Balaban J connectivity index is 1.66. The van der Waals surface area contributed by atoms with Crippen LogP contribution < -0.4 is 5.32 Å². The number of nitrogens with one attached hydrogen (secondary N) is 1. The summed E-state index contributed by atoms with van der Waals surface area (Å²) in [4.78, 5) is 18.7. The number of hydrogen-bond donors (Lipinski definition) is 2. The molecule has 6 nitrogen and oxygen atoms in total. The minimum atomic E-state index is -0.175. The van der Waals surface area contributed by atoms with E-state index < -0.39 is 0 Å². The molecule has 2 N–H and O–H groups in total.